The number of carbonyl (C=O) groups excluding carboxylic acids is 5. The van der Waals surface area contributed by atoms with Crippen molar-refractivity contribution in [2.75, 3.05) is 12.0 Å². The van der Waals surface area contributed by atoms with Gasteiger partial charge < -0.3 is 20.2 Å². The first-order valence-electron chi connectivity index (χ1n) is 10.9. The summed E-state index contributed by atoms with van der Waals surface area (Å²) in [5, 5.41) is 4.96. The lowest BCUT2D eigenvalue weighted by atomic mass is 9.98. The molecule has 1 aliphatic heterocycles. The van der Waals surface area contributed by atoms with Gasteiger partial charge in [-0.15, -0.1) is 5.06 Å². The van der Waals surface area contributed by atoms with Crippen LogP contribution in [0.25, 0.3) is 0 Å². The molecule has 0 aliphatic carbocycles. The molecular weight excluding hydrogens is 482 g/mol. The number of hydrogen-bond donors (Lipinski definition) is 2. The SMILES string of the molecule is CC[C@H](C)[C@H](NC(=O)OCc1ccccc1)C(=O)N[C@@H](CS(C)(=O)=O)C(=O)ON1C(=O)CCC1=O. The highest BCUT2D eigenvalue weighted by Crippen LogP contribution is 2.14. The van der Waals surface area contributed by atoms with E-state index in [1.54, 1.807) is 44.2 Å². The normalized spacial score (nSPS) is 16.3. The predicted octanol–water partition coefficient (Wildman–Crippen LogP) is 0.464. The Morgan fingerprint density at radius 1 is 1.06 bits per heavy atom. The zero-order valence-electron chi connectivity index (χ0n) is 19.7. The van der Waals surface area contributed by atoms with E-state index in [1.165, 1.54) is 0 Å². The summed E-state index contributed by atoms with van der Waals surface area (Å²) in [6.45, 7) is 3.41. The maximum Gasteiger partial charge on any atom is 0.408 e. The van der Waals surface area contributed by atoms with E-state index in [2.05, 4.69) is 10.6 Å². The van der Waals surface area contributed by atoms with Crippen LogP contribution in [0, 0.1) is 5.92 Å². The van der Waals surface area contributed by atoms with Crippen LogP contribution in [0.5, 0.6) is 0 Å². The summed E-state index contributed by atoms with van der Waals surface area (Å²) < 4.78 is 28.9. The fourth-order valence-electron chi connectivity index (χ4n) is 3.14. The number of amides is 4. The molecule has 0 saturated carbocycles. The summed E-state index contributed by atoms with van der Waals surface area (Å²) in [6.07, 6.45) is 0.108. The third-order valence-corrected chi connectivity index (χ3v) is 6.18. The largest absolute Gasteiger partial charge is 0.445 e. The number of rotatable bonds is 11. The van der Waals surface area contributed by atoms with Crippen LogP contribution in [0.4, 0.5) is 4.79 Å². The van der Waals surface area contributed by atoms with Crippen molar-refractivity contribution in [1.29, 1.82) is 0 Å². The summed E-state index contributed by atoms with van der Waals surface area (Å²) in [5.74, 6) is -4.95. The summed E-state index contributed by atoms with van der Waals surface area (Å²) in [7, 11) is -3.80. The molecule has 1 aromatic carbocycles. The lowest BCUT2D eigenvalue weighted by molar-refractivity contribution is -0.198. The van der Waals surface area contributed by atoms with Crippen LogP contribution in [0.1, 0.15) is 38.7 Å². The van der Waals surface area contributed by atoms with Crippen LogP contribution in [0.2, 0.25) is 0 Å². The Hall–Kier alpha value is -3.48. The number of carbonyl (C=O) groups is 5. The van der Waals surface area contributed by atoms with Gasteiger partial charge in [0.05, 0.1) is 5.75 Å². The minimum absolute atomic E-state index is 0.0392. The van der Waals surface area contributed by atoms with Crippen molar-refractivity contribution in [2.24, 2.45) is 5.92 Å². The quantitative estimate of drug-likeness (QED) is 0.402. The van der Waals surface area contributed by atoms with Gasteiger partial charge in [-0.1, -0.05) is 50.6 Å². The van der Waals surface area contributed by atoms with Crippen molar-refractivity contribution in [3.8, 4) is 0 Å². The van der Waals surface area contributed by atoms with Crippen molar-refractivity contribution < 1.29 is 42.0 Å². The first-order chi connectivity index (χ1) is 16.4. The Morgan fingerprint density at radius 3 is 2.20 bits per heavy atom. The van der Waals surface area contributed by atoms with Crippen LogP contribution in [0.3, 0.4) is 0 Å². The molecule has 1 aliphatic rings. The first kappa shape index (κ1) is 27.8. The van der Waals surface area contributed by atoms with Gasteiger partial charge in [-0.25, -0.2) is 18.0 Å². The molecule has 0 radical (unpaired) electrons. The van der Waals surface area contributed by atoms with Crippen molar-refractivity contribution in [3.05, 3.63) is 35.9 Å². The molecule has 1 heterocycles. The number of benzene rings is 1. The number of ether oxygens (including phenoxy) is 1. The Labute approximate surface area is 203 Å². The Balaban J connectivity index is 2.11. The molecular formula is C22H29N3O9S. The van der Waals surface area contributed by atoms with E-state index in [0.717, 1.165) is 11.8 Å². The fraction of sp³-hybridized carbons (Fsp3) is 0.500. The van der Waals surface area contributed by atoms with Gasteiger partial charge in [-0.2, -0.15) is 0 Å². The van der Waals surface area contributed by atoms with Crippen LogP contribution < -0.4 is 10.6 Å². The highest BCUT2D eigenvalue weighted by atomic mass is 32.2. The van der Waals surface area contributed by atoms with E-state index < -0.39 is 63.4 Å². The van der Waals surface area contributed by atoms with E-state index in [4.69, 9.17) is 9.57 Å². The Kier molecular flexibility index (Phi) is 9.75. The van der Waals surface area contributed by atoms with Gasteiger partial charge in [0.25, 0.3) is 11.8 Å². The molecule has 0 aromatic heterocycles. The van der Waals surface area contributed by atoms with E-state index in [9.17, 15) is 32.4 Å². The van der Waals surface area contributed by atoms with Crippen LogP contribution >= 0.6 is 0 Å². The summed E-state index contributed by atoms with van der Waals surface area (Å²) in [5.41, 5.74) is 0.731. The number of hydrogen-bond acceptors (Lipinski definition) is 9. The number of alkyl carbamates (subject to hydrolysis) is 1. The summed E-state index contributed by atoms with van der Waals surface area (Å²) >= 11 is 0. The van der Waals surface area contributed by atoms with Gasteiger partial charge in [0.1, 0.15) is 28.5 Å². The van der Waals surface area contributed by atoms with E-state index in [-0.39, 0.29) is 24.5 Å². The number of sulfone groups is 1. The summed E-state index contributed by atoms with van der Waals surface area (Å²) in [6, 6.07) is 5.96. The van der Waals surface area contributed by atoms with Gasteiger partial charge in [0.15, 0.2) is 0 Å². The second-order valence-electron chi connectivity index (χ2n) is 8.22. The summed E-state index contributed by atoms with van der Waals surface area (Å²) in [4.78, 5) is 66.1. The highest BCUT2D eigenvalue weighted by Gasteiger charge is 2.37. The molecule has 0 unspecified atom stereocenters. The number of imide groups is 1. The van der Waals surface area contributed by atoms with Gasteiger partial charge in [-0.3, -0.25) is 14.4 Å². The lowest BCUT2D eigenvalue weighted by Gasteiger charge is -2.26. The van der Waals surface area contributed by atoms with Crippen molar-refractivity contribution in [1.82, 2.24) is 15.7 Å². The molecule has 4 amide bonds. The average Bonchev–Trinajstić information content (AvgIpc) is 3.12. The van der Waals surface area contributed by atoms with Crippen molar-refractivity contribution in [2.45, 2.75) is 51.8 Å². The Morgan fingerprint density at radius 2 is 1.66 bits per heavy atom. The van der Waals surface area contributed by atoms with Crippen LogP contribution in [0.15, 0.2) is 30.3 Å². The first-order valence-corrected chi connectivity index (χ1v) is 13.0. The van der Waals surface area contributed by atoms with Crippen LogP contribution in [-0.4, -0.2) is 67.4 Å². The topological polar surface area (TPSA) is 165 Å². The molecule has 3 atom stereocenters. The van der Waals surface area contributed by atoms with Crippen molar-refractivity contribution >= 4 is 39.6 Å². The molecule has 1 fully saturated rings. The molecule has 1 aromatic rings. The Bertz CT molecular complexity index is 1040. The molecule has 0 spiro atoms. The minimum Gasteiger partial charge on any atom is -0.445 e. The predicted molar refractivity (Wildman–Crippen MR) is 122 cm³/mol. The molecule has 1 saturated heterocycles. The van der Waals surface area contributed by atoms with Gasteiger partial charge >= 0.3 is 12.1 Å². The van der Waals surface area contributed by atoms with E-state index in [0.29, 0.717) is 6.42 Å². The monoisotopic (exact) mass is 511 g/mol. The van der Waals surface area contributed by atoms with Gasteiger partial charge in [-0.05, 0) is 11.5 Å². The molecule has 2 N–H and O–H groups in total. The standard InChI is InChI=1S/C22H29N3O9S/c1-4-14(2)19(24-22(30)33-12-15-8-6-5-7-9-15)20(28)23-16(13-35(3,31)32)21(29)34-25-17(26)10-11-18(25)27/h5-9,14,16,19H,4,10-13H2,1-3H3,(H,23,28)(H,24,30)/t14-,16-,19-/m0/s1. The number of nitrogens with one attached hydrogen (secondary N) is 2. The zero-order chi connectivity index (χ0) is 26.2. The lowest BCUT2D eigenvalue weighted by Crippen LogP contribution is -2.56. The minimum atomic E-state index is -3.80. The molecule has 13 heteroatoms. The highest BCUT2D eigenvalue weighted by molar-refractivity contribution is 7.90. The zero-order valence-corrected chi connectivity index (χ0v) is 20.5. The molecule has 0 bridgehead atoms. The molecule has 12 nitrogen and oxygen atoms in total. The molecule has 2 rings (SSSR count). The number of hydroxylamine groups is 2. The van der Waals surface area contributed by atoms with E-state index >= 15 is 0 Å². The van der Waals surface area contributed by atoms with Gasteiger partial charge in [0.2, 0.25) is 5.91 Å². The third kappa shape index (κ3) is 8.67. The second-order valence-corrected chi connectivity index (χ2v) is 10.4. The van der Waals surface area contributed by atoms with Crippen molar-refractivity contribution in [3.63, 3.8) is 0 Å². The fourth-order valence-corrected chi connectivity index (χ4v) is 3.96. The maximum atomic E-state index is 13.0. The maximum absolute atomic E-state index is 13.0. The van der Waals surface area contributed by atoms with Gasteiger partial charge in [0, 0.05) is 19.1 Å². The average molecular weight is 512 g/mol. The number of nitrogens with zero attached hydrogens (tertiary/aromatic N) is 1. The molecule has 35 heavy (non-hydrogen) atoms. The van der Waals surface area contributed by atoms with Crippen LogP contribution in [-0.2, 0) is 45.2 Å². The third-order valence-electron chi connectivity index (χ3n) is 5.24. The molecule has 192 valence electrons. The smallest absolute Gasteiger partial charge is 0.408 e. The van der Waals surface area contributed by atoms with E-state index in [1.807, 2.05) is 0 Å². The second kappa shape index (κ2) is 12.3.